The molecule has 0 radical (unpaired) electrons. The smallest absolute Gasteiger partial charge is 0.264 e. The molecule has 0 bridgehead atoms. The topological polar surface area (TPSA) is 43.4 Å². The molecule has 0 aliphatic heterocycles. The van der Waals surface area contributed by atoms with Crippen LogP contribution in [-0.4, -0.2) is 21.3 Å². The van der Waals surface area contributed by atoms with Gasteiger partial charge in [0.05, 0.1) is 12.9 Å². The van der Waals surface area contributed by atoms with Crippen LogP contribution in [0.1, 0.15) is 13.8 Å². The highest BCUT2D eigenvalue weighted by Crippen LogP contribution is 1.94. The van der Waals surface area contributed by atoms with E-state index in [4.69, 9.17) is 0 Å². The fourth-order valence-electron chi connectivity index (χ4n) is 0.491. The quantitative estimate of drug-likeness (QED) is 0.479. The van der Waals surface area contributed by atoms with Gasteiger partial charge in [0, 0.05) is 0 Å². The summed E-state index contributed by atoms with van der Waals surface area (Å²) in [6, 6.07) is 0. The van der Waals surface area contributed by atoms with E-state index in [9.17, 15) is 8.42 Å². The van der Waals surface area contributed by atoms with Gasteiger partial charge in [-0.05, 0) is 5.92 Å². The maximum absolute atomic E-state index is 10.4. The van der Waals surface area contributed by atoms with Gasteiger partial charge in [-0.25, -0.2) is 0 Å². The molecule has 0 aliphatic carbocycles. The minimum atomic E-state index is -3.27. The molecular weight excluding hydrogens is 164 g/mol. The van der Waals surface area contributed by atoms with E-state index >= 15 is 0 Å². The van der Waals surface area contributed by atoms with E-state index in [0.717, 1.165) is 6.26 Å². The molecule has 0 atom stereocenters. The highest BCUT2D eigenvalue weighted by molar-refractivity contribution is 7.85. The second-order valence-electron chi connectivity index (χ2n) is 2.66. The standard InChI is InChI=1S/C7H14O3S/c1-7(2)5-4-6-10-11(3,8)9/h4-5,7H,6H2,1-3H3/b5-4+. The zero-order valence-corrected chi connectivity index (χ0v) is 7.89. The fourth-order valence-corrected chi connectivity index (χ4v) is 0.816. The number of hydrogen-bond acceptors (Lipinski definition) is 3. The molecule has 0 unspecified atom stereocenters. The molecule has 0 spiro atoms. The Kier molecular flexibility index (Phi) is 4.37. The molecule has 0 amide bonds. The maximum atomic E-state index is 10.4. The van der Waals surface area contributed by atoms with Crippen LogP contribution in [0.3, 0.4) is 0 Å². The van der Waals surface area contributed by atoms with Crippen LogP contribution in [-0.2, 0) is 14.3 Å². The van der Waals surface area contributed by atoms with E-state index in [2.05, 4.69) is 4.18 Å². The second kappa shape index (κ2) is 4.51. The Balaban J connectivity index is 3.59. The Morgan fingerprint density at radius 1 is 1.45 bits per heavy atom. The van der Waals surface area contributed by atoms with Gasteiger partial charge in [0.2, 0.25) is 0 Å². The van der Waals surface area contributed by atoms with Crippen molar-refractivity contribution < 1.29 is 12.6 Å². The first-order valence-electron chi connectivity index (χ1n) is 3.43. The molecule has 0 rings (SSSR count). The van der Waals surface area contributed by atoms with E-state index in [1.807, 2.05) is 19.9 Å². The average molecular weight is 178 g/mol. The van der Waals surface area contributed by atoms with Gasteiger partial charge in [0.15, 0.2) is 0 Å². The Morgan fingerprint density at radius 3 is 2.36 bits per heavy atom. The van der Waals surface area contributed by atoms with Crippen LogP contribution < -0.4 is 0 Å². The van der Waals surface area contributed by atoms with Crippen LogP contribution in [0.5, 0.6) is 0 Å². The van der Waals surface area contributed by atoms with Crippen molar-refractivity contribution in [3.8, 4) is 0 Å². The third kappa shape index (κ3) is 9.65. The van der Waals surface area contributed by atoms with Crippen molar-refractivity contribution in [1.29, 1.82) is 0 Å². The molecule has 0 N–H and O–H groups in total. The van der Waals surface area contributed by atoms with Crippen molar-refractivity contribution in [2.75, 3.05) is 12.9 Å². The molecular formula is C7H14O3S. The van der Waals surface area contributed by atoms with Gasteiger partial charge in [-0.3, -0.25) is 4.18 Å². The molecule has 11 heavy (non-hydrogen) atoms. The zero-order valence-electron chi connectivity index (χ0n) is 7.07. The molecule has 4 heteroatoms. The molecule has 0 aliphatic rings. The van der Waals surface area contributed by atoms with E-state index in [1.54, 1.807) is 6.08 Å². The number of allylic oxidation sites excluding steroid dienone is 1. The summed E-state index contributed by atoms with van der Waals surface area (Å²) in [5.41, 5.74) is 0. The summed E-state index contributed by atoms with van der Waals surface area (Å²) >= 11 is 0. The van der Waals surface area contributed by atoms with E-state index < -0.39 is 10.1 Å². The zero-order chi connectivity index (χ0) is 8.91. The Bertz CT molecular complexity index is 214. The van der Waals surface area contributed by atoms with Crippen LogP contribution in [0, 0.1) is 5.92 Å². The maximum Gasteiger partial charge on any atom is 0.264 e. The van der Waals surface area contributed by atoms with Crippen molar-refractivity contribution in [1.82, 2.24) is 0 Å². The van der Waals surface area contributed by atoms with E-state index in [0.29, 0.717) is 5.92 Å². The van der Waals surface area contributed by atoms with Crippen molar-refractivity contribution in [3.05, 3.63) is 12.2 Å². The summed E-state index contributed by atoms with van der Waals surface area (Å²) < 4.78 is 25.3. The Hall–Kier alpha value is -0.350. The highest BCUT2D eigenvalue weighted by Gasteiger charge is 1.97. The Morgan fingerprint density at radius 2 is 2.00 bits per heavy atom. The molecule has 0 heterocycles. The molecule has 3 nitrogen and oxygen atoms in total. The van der Waals surface area contributed by atoms with Crippen LogP contribution in [0.2, 0.25) is 0 Å². The molecule has 0 saturated heterocycles. The molecule has 0 aromatic carbocycles. The summed E-state index contributed by atoms with van der Waals surface area (Å²) in [5, 5.41) is 0. The predicted molar refractivity (Wildman–Crippen MR) is 44.8 cm³/mol. The number of hydrogen-bond donors (Lipinski definition) is 0. The van der Waals surface area contributed by atoms with Crippen molar-refractivity contribution in [2.24, 2.45) is 5.92 Å². The van der Waals surface area contributed by atoms with Crippen molar-refractivity contribution in [3.63, 3.8) is 0 Å². The summed E-state index contributed by atoms with van der Waals surface area (Å²) in [6.07, 6.45) is 4.63. The van der Waals surface area contributed by atoms with Crippen LogP contribution in [0.25, 0.3) is 0 Å². The molecule has 0 fully saturated rings. The average Bonchev–Trinajstić information content (AvgIpc) is 1.78. The van der Waals surface area contributed by atoms with Gasteiger partial charge in [-0.2, -0.15) is 8.42 Å². The fraction of sp³-hybridized carbons (Fsp3) is 0.714. The lowest BCUT2D eigenvalue weighted by Gasteiger charge is -1.96. The summed E-state index contributed by atoms with van der Waals surface area (Å²) in [6.45, 7) is 4.16. The molecule has 0 aromatic rings. The van der Waals surface area contributed by atoms with Gasteiger partial charge >= 0.3 is 0 Å². The van der Waals surface area contributed by atoms with Gasteiger partial charge < -0.3 is 0 Å². The van der Waals surface area contributed by atoms with Crippen LogP contribution >= 0.6 is 0 Å². The van der Waals surface area contributed by atoms with Crippen LogP contribution in [0.4, 0.5) is 0 Å². The summed E-state index contributed by atoms with van der Waals surface area (Å²) in [7, 11) is -3.27. The van der Waals surface area contributed by atoms with Crippen molar-refractivity contribution in [2.45, 2.75) is 13.8 Å². The predicted octanol–water partition coefficient (Wildman–Crippen LogP) is 1.17. The molecule has 0 saturated carbocycles. The lowest BCUT2D eigenvalue weighted by Crippen LogP contribution is -2.02. The highest BCUT2D eigenvalue weighted by atomic mass is 32.2. The lowest BCUT2D eigenvalue weighted by molar-refractivity contribution is 0.361. The first-order chi connectivity index (χ1) is 4.92. The van der Waals surface area contributed by atoms with Gasteiger partial charge in [0.1, 0.15) is 0 Å². The monoisotopic (exact) mass is 178 g/mol. The second-order valence-corrected chi connectivity index (χ2v) is 4.30. The first-order valence-corrected chi connectivity index (χ1v) is 5.24. The van der Waals surface area contributed by atoms with Gasteiger partial charge in [0.25, 0.3) is 10.1 Å². The first kappa shape index (κ1) is 10.7. The van der Waals surface area contributed by atoms with E-state index in [-0.39, 0.29) is 6.61 Å². The van der Waals surface area contributed by atoms with Crippen LogP contribution in [0.15, 0.2) is 12.2 Å². The summed E-state index contributed by atoms with van der Waals surface area (Å²) in [4.78, 5) is 0. The van der Waals surface area contributed by atoms with Gasteiger partial charge in [-0.1, -0.05) is 26.0 Å². The van der Waals surface area contributed by atoms with Crippen molar-refractivity contribution >= 4 is 10.1 Å². The van der Waals surface area contributed by atoms with E-state index in [1.165, 1.54) is 0 Å². The molecule has 66 valence electrons. The normalized spacial score (nSPS) is 13.1. The SMILES string of the molecule is CC(C)/C=C/COS(C)(=O)=O. The number of rotatable bonds is 4. The third-order valence-corrected chi connectivity index (χ3v) is 1.46. The summed E-state index contributed by atoms with van der Waals surface area (Å²) in [5.74, 6) is 0.429. The Labute approximate surface area is 68.2 Å². The molecule has 0 aromatic heterocycles. The van der Waals surface area contributed by atoms with Gasteiger partial charge in [-0.15, -0.1) is 0 Å². The minimum absolute atomic E-state index is 0.136. The largest absolute Gasteiger partial charge is 0.266 e. The lowest BCUT2D eigenvalue weighted by atomic mass is 10.2. The minimum Gasteiger partial charge on any atom is -0.266 e. The third-order valence-electron chi connectivity index (χ3n) is 0.899.